The Morgan fingerprint density at radius 2 is 2.11 bits per heavy atom. The van der Waals surface area contributed by atoms with E-state index in [4.69, 9.17) is 0 Å². The number of hydrogen-bond donors (Lipinski definition) is 0. The van der Waals surface area contributed by atoms with E-state index in [1.807, 2.05) is 0 Å². The molecule has 0 saturated carbocycles. The third-order valence-electron chi connectivity index (χ3n) is 4.49. The summed E-state index contributed by atoms with van der Waals surface area (Å²) in [5, 5.41) is 0. The minimum Gasteiger partial charge on any atom is -0.366 e. The molecular formula is C15H21BrN2. The first kappa shape index (κ1) is 12.5. The maximum absolute atomic E-state index is 3.65. The summed E-state index contributed by atoms with van der Waals surface area (Å²) in [5.41, 5.74) is 2.78. The van der Waals surface area contributed by atoms with E-state index < -0.39 is 0 Å². The largest absolute Gasteiger partial charge is 0.366 e. The molecule has 2 aliphatic rings. The van der Waals surface area contributed by atoms with Crippen LogP contribution in [0.2, 0.25) is 0 Å². The highest BCUT2D eigenvalue weighted by Gasteiger charge is 2.34. The van der Waals surface area contributed by atoms with Crippen molar-refractivity contribution in [1.82, 2.24) is 4.90 Å². The van der Waals surface area contributed by atoms with Crippen LogP contribution in [-0.4, -0.2) is 36.6 Å². The highest BCUT2D eigenvalue weighted by atomic mass is 79.9. The third kappa shape index (κ3) is 2.08. The van der Waals surface area contributed by atoms with Gasteiger partial charge in [0.15, 0.2) is 0 Å². The van der Waals surface area contributed by atoms with E-state index in [9.17, 15) is 0 Å². The molecule has 1 aromatic carbocycles. The van der Waals surface area contributed by atoms with E-state index in [0.717, 1.165) is 6.04 Å². The van der Waals surface area contributed by atoms with Crippen LogP contribution in [0.1, 0.15) is 25.3 Å². The van der Waals surface area contributed by atoms with Crippen LogP contribution in [0.4, 0.5) is 5.69 Å². The van der Waals surface area contributed by atoms with E-state index in [-0.39, 0.29) is 0 Å². The molecule has 2 nitrogen and oxygen atoms in total. The van der Waals surface area contributed by atoms with Gasteiger partial charge in [0.05, 0.1) is 0 Å². The van der Waals surface area contributed by atoms with Gasteiger partial charge in [-0.15, -0.1) is 0 Å². The second kappa shape index (κ2) is 4.86. The quantitative estimate of drug-likeness (QED) is 0.784. The van der Waals surface area contributed by atoms with Crippen molar-refractivity contribution in [1.29, 1.82) is 0 Å². The fourth-order valence-corrected chi connectivity index (χ4v) is 3.79. The average molecular weight is 309 g/mol. The molecule has 0 amide bonds. The van der Waals surface area contributed by atoms with Gasteiger partial charge in [-0.3, -0.25) is 4.90 Å². The van der Waals surface area contributed by atoms with Crippen LogP contribution in [0.5, 0.6) is 0 Å². The van der Waals surface area contributed by atoms with Crippen molar-refractivity contribution in [2.45, 2.75) is 38.8 Å². The van der Waals surface area contributed by atoms with Crippen LogP contribution in [-0.2, 0) is 0 Å². The summed E-state index contributed by atoms with van der Waals surface area (Å²) in [4.78, 5) is 5.28. The first-order chi connectivity index (χ1) is 8.66. The predicted molar refractivity (Wildman–Crippen MR) is 80.3 cm³/mol. The highest BCUT2D eigenvalue weighted by molar-refractivity contribution is 9.10. The molecule has 3 rings (SSSR count). The van der Waals surface area contributed by atoms with Crippen LogP contribution in [0.15, 0.2) is 22.7 Å². The lowest BCUT2D eigenvalue weighted by Crippen LogP contribution is -2.55. The summed E-state index contributed by atoms with van der Waals surface area (Å²) in [5.74, 6) is 0. The normalized spacial score (nSPS) is 28.5. The Labute approximate surface area is 118 Å². The minimum atomic E-state index is 0.618. The standard InChI is InChI=1S/C15H21BrN2/c1-11-9-17-8-4-5-13(17)10-18(11)15-7-3-6-14(16)12(15)2/h3,6-7,11,13H,4-5,8-10H2,1-2H3. The molecule has 0 bridgehead atoms. The number of anilines is 1. The maximum Gasteiger partial charge on any atom is 0.0410 e. The molecule has 98 valence electrons. The van der Waals surface area contributed by atoms with Gasteiger partial charge >= 0.3 is 0 Å². The summed E-state index contributed by atoms with van der Waals surface area (Å²) in [6, 6.07) is 7.95. The van der Waals surface area contributed by atoms with Gasteiger partial charge in [0.25, 0.3) is 0 Å². The van der Waals surface area contributed by atoms with Crippen molar-refractivity contribution in [3.8, 4) is 0 Å². The molecule has 2 unspecified atom stereocenters. The average Bonchev–Trinajstić information content (AvgIpc) is 2.79. The molecule has 0 radical (unpaired) electrons. The molecule has 0 N–H and O–H groups in total. The van der Waals surface area contributed by atoms with Gasteiger partial charge in [-0.2, -0.15) is 0 Å². The number of nitrogens with zero attached hydrogens (tertiary/aromatic N) is 2. The number of hydrogen-bond acceptors (Lipinski definition) is 2. The van der Waals surface area contributed by atoms with Crippen molar-refractivity contribution < 1.29 is 0 Å². The Morgan fingerprint density at radius 3 is 2.94 bits per heavy atom. The Hall–Kier alpha value is -0.540. The van der Waals surface area contributed by atoms with Crippen molar-refractivity contribution in [2.75, 3.05) is 24.5 Å². The van der Waals surface area contributed by atoms with Gasteiger partial charge in [0.1, 0.15) is 0 Å². The first-order valence-electron chi connectivity index (χ1n) is 6.92. The van der Waals surface area contributed by atoms with Crippen LogP contribution >= 0.6 is 15.9 Å². The van der Waals surface area contributed by atoms with Gasteiger partial charge in [-0.1, -0.05) is 22.0 Å². The molecule has 1 aromatic rings. The molecule has 2 saturated heterocycles. The zero-order valence-corrected chi connectivity index (χ0v) is 12.8. The topological polar surface area (TPSA) is 6.48 Å². The summed E-state index contributed by atoms with van der Waals surface area (Å²) < 4.78 is 1.22. The monoisotopic (exact) mass is 308 g/mol. The van der Waals surface area contributed by atoms with Gasteiger partial charge in [0, 0.05) is 35.3 Å². The van der Waals surface area contributed by atoms with Gasteiger partial charge in [-0.05, 0) is 50.9 Å². The first-order valence-corrected chi connectivity index (χ1v) is 7.72. The molecule has 0 aliphatic carbocycles. The fraction of sp³-hybridized carbons (Fsp3) is 0.600. The number of fused-ring (bicyclic) bond motifs is 1. The predicted octanol–water partition coefficient (Wildman–Crippen LogP) is 3.43. The summed E-state index contributed by atoms with van der Waals surface area (Å²) in [6.45, 7) is 8.29. The van der Waals surface area contributed by atoms with Crippen LogP contribution in [0, 0.1) is 6.92 Å². The van der Waals surface area contributed by atoms with Gasteiger partial charge < -0.3 is 4.90 Å². The SMILES string of the molecule is Cc1c(Br)cccc1N1CC2CCCN2CC1C. The lowest BCUT2D eigenvalue weighted by Gasteiger charge is -2.44. The van der Waals surface area contributed by atoms with Crippen molar-refractivity contribution in [3.05, 3.63) is 28.2 Å². The molecule has 2 heterocycles. The number of rotatable bonds is 1. The minimum absolute atomic E-state index is 0.618. The molecule has 0 spiro atoms. The van der Waals surface area contributed by atoms with E-state index >= 15 is 0 Å². The molecule has 2 fully saturated rings. The second-order valence-corrected chi connectivity index (χ2v) is 6.53. The summed E-state index contributed by atoms with van der Waals surface area (Å²) >= 11 is 3.65. The summed E-state index contributed by atoms with van der Waals surface area (Å²) in [7, 11) is 0. The lowest BCUT2D eigenvalue weighted by molar-refractivity contribution is 0.203. The Bertz CT molecular complexity index is 446. The van der Waals surface area contributed by atoms with Crippen molar-refractivity contribution in [3.63, 3.8) is 0 Å². The Morgan fingerprint density at radius 1 is 1.28 bits per heavy atom. The van der Waals surface area contributed by atoms with E-state index in [1.165, 1.54) is 48.2 Å². The van der Waals surface area contributed by atoms with Crippen molar-refractivity contribution >= 4 is 21.6 Å². The van der Waals surface area contributed by atoms with E-state index in [1.54, 1.807) is 0 Å². The Balaban J connectivity index is 1.89. The fourth-order valence-electron chi connectivity index (χ4n) is 3.43. The lowest BCUT2D eigenvalue weighted by atomic mass is 10.0. The zero-order chi connectivity index (χ0) is 12.7. The smallest absolute Gasteiger partial charge is 0.0410 e. The second-order valence-electron chi connectivity index (χ2n) is 5.68. The molecule has 2 atom stereocenters. The zero-order valence-electron chi connectivity index (χ0n) is 11.2. The third-order valence-corrected chi connectivity index (χ3v) is 5.34. The molecule has 2 aliphatic heterocycles. The molecule has 18 heavy (non-hydrogen) atoms. The highest BCUT2D eigenvalue weighted by Crippen LogP contribution is 2.32. The maximum atomic E-state index is 3.65. The molecule has 3 heteroatoms. The van der Waals surface area contributed by atoms with Crippen LogP contribution in [0.25, 0.3) is 0 Å². The summed E-state index contributed by atoms with van der Waals surface area (Å²) in [6.07, 6.45) is 2.75. The number of benzene rings is 1. The van der Waals surface area contributed by atoms with Crippen LogP contribution in [0.3, 0.4) is 0 Å². The molecule has 0 aromatic heterocycles. The van der Waals surface area contributed by atoms with Crippen LogP contribution < -0.4 is 4.90 Å². The number of piperazine rings is 1. The molecular weight excluding hydrogens is 288 g/mol. The van der Waals surface area contributed by atoms with E-state index in [0.29, 0.717) is 6.04 Å². The van der Waals surface area contributed by atoms with E-state index in [2.05, 4.69) is 57.8 Å². The van der Waals surface area contributed by atoms with Gasteiger partial charge in [-0.25, -0.2) is 0 Å². The number of halogens is 1. The Kier molecular flexibility index (Phi) is 3.37. The van der Waals surface area contributed by atoms with Gasteiger partial charge in [0.2, 0.25) is 0 Å². The van der Waals surface area contributed by atoms with Crippen molar-refractivity contribution in [2.24, 2.45) is 0 Å².